The van der Waals surface area contributed by atoms with Gasteiger partial charge in [0.2, 0.25) is 11.8 Å². The number of fused-ring (bicyclic) bond motifs is 1. The Bertz CT molecular complexity index is 693. The van der Waals surface area contributed by atoms with Crippen molar-refractivity contribution in [2.45, 2.75) is 25.3 Å². The lowest BCUT2D eigenvalue weighted by Gasteiger charge is -2.15. The van der Waals surface area contributed by atoms with E-state index in [0.717, 1.165) is 29.8 Å². The average molecular weight is 346 g/mol. The standard InChI is InChI=1S/C17H22N4O2S/c1-21(11-16(23)19-12-6-7-12)10-15(22)18-9-8-17-20-13-4-2-3-5-14(13)24-17/h2-5,12H,6-11H2,1H3,(H,18,22)(H,19,23). The Morgan fingerprint density at radius 3 is 2.75 bits per heavy atom. The molecular formula is C17H22N4O2S. The topological polar surface area (TPSA) is 74.3 Å². The molecule has 0 atom stereocenters. The Morgan fingerprint density at radius 2 is 2.00 bits per heavy atom. The molecule has 2 N–H and O–H groups in total. The lowest BCUT2D eigenvalue weighted by Crippen LogP contribution is -2.41. The average Bonchev–Trinajstić information content (AvgIpc) is 3.23. The summed E-state index contributed by atoms with van der Waals surface area (Å²) < 4.78 is 1.17. The summed E-state index contributed by atoms with van der Waals surface area (Å²) in [5, 5.41) is 6.83. The number of para-hydroxylation sites is 1. The van der Waals surface area contributed by atoms with Gasteiger partial charge in [-0.3, -0.25) is 14.5 Å². The largest absolute Gasteiger partial charge is 0.355 e. The number of nitrogens with one attached hydrogen (secondary N) is 2. The van der Waals surface area contributed by atoms with Crippen molar-refractivity contribution in [1.82, 2.24) is 20.5 Å². The molecule has 1 aliphatic carbocycles. The Hall–Kier alpha value is -1.99. The van der Waals surface area contributed by atoms with Gasteiger partial charge in [-0.05, 0) is 32.0 Å². The zero-order valence-corrected chi connectivity index (χ0v) is 14.6. The maximum atomic E-state index is 11.9. The Labute approximate surface area is 145 Å². The number of hydrogen-bond donors (Lipinski definition) is 2. The maximum Gasteiger partial charge on any atom is 0.234 e. The molecule has 2 amide bonds. The lowest BCUT2D eigenvalue weighted by atomic mass is 10.3. The molecule has 24 heavy (non-hydrogen) atoms. The zero-order chi connectivity index (χ0) is 16.9. The molecule has 0 radical (unpaired) electrons. The van der Waals surface area contributed by atoms with Crippen LogP contribution in [0.3, 0.4) is 0 Å². The molecule has 1 saturated carbocycles. The summed E-state index contributed by atoms with van der Waals surface area (Å²) in [6.07, 6.45) is 2.86. The first-order valence-electron chi connectivity index (χ1n) is 8.19. The van der Waals surface area contributed by atoms with Crippen LogP contribution in [0.1, 0.15) is 17.8 Å². The molecule has 1 heterocycles. The highest BCUT2D eigenvalue weighted by Crippen LogP contribution is 2.21. The van der Waals surface area contributed by atoms with Crippen molar-refractivity contribution in [3.05, 3.63) is 29.3 Å². The molecule has 0 unspecified atom stereocenters. The van der Waals surface area contributed by atoms with Crippen LogP contribution in [0.15, 0.2) is 24.3 Å². The maximum absolute atomic E-state index is 11.9. The SMILES string of the molecule is CN(CC(=O)NCCc1nc2ccccc2s1)CC(=O)NC1CC1. The fraction of sp³-hybridized carbons (Fsp3) is 0.471. The second-order valence-electron chi connectivity index (χ2n) is 6.19. The highest BCUT2D eigenvalue weighted by Gasteiger charge is 2.23. The summed E-state index contributed by atoms with van der Waals surface area (Å²) in [5.74, 6) is -0.0832. The first-order chi connectivity index (χ1) is 11.6. The molecule has 6 nitrogen and oxygen atoms in total. The van der Waals surface area contributed by atoms with E-state index in [1.807, 2.05) is 18.2 Å². The van der Waals surface area contributed by atoms with Crippen LogP contribution >= 0.6 is 11.3 Å². The zero-order valence-electron chi connectivity index (χ0n) is 13.7. The van der Waals surface area contributed by atoms with Crippen LogP contribution < -0.4 is 10.6 Å². The van der Waals surface area contributed by atoms with Crippen LogP contribution in [0.4, 0.5) is 0 Å². The Kier molecular flexibility index (Phi) is 5.42. The predicted octanol–water partition coefficient (Wildman–Crippen LogP) is 1.17. The number of nitrogens with zero attached hydrogens (tertiary/aromatic N) is 2. The fourth-order valence-corrected chi connectivity index (χ4v) is 3.41. The quantitative estimate of drug-likeness (QED) is 0.752. The third-order valence-corrected chi connectivity index (χ3v) is 4.86. The number of carbonyl (C=O) groups excluding carboxylic acids is 2. The van der Waals surface area contributed by atoms with Crippen LogP contribution in [0.5, 0.6) is 0 Å². The van der Waals surface area contributed by atoms with E-state index in [1.165, 1.54) is 4.70 Å². The van der Waals surface area contributed by atoms with Gasteiger partial charge >= 0.3 is 0 Å². The van der Waals surface area contributed by atoms with Gasteiger partial charge in [-0.15, -0.1) is 11.3 Å². The van der Waals surface area contributed by atoms with E-state index in [-0.39, 0.29) is 24.9 Å². The summed E-state index contributed by atoms with van der Waals surface area (Å²) >= 11 is 1.66. The van der Waals surface area contributed by atoms with Crippen molar-refractivity contribution in [2.75, 3.05) is 26.7 Å². The van der Waals surface area contributed by atoms with Crippen molar-refractivity contribution in [2.24, 2.45) is 0 Å². The minimum Gasteiger partial charge on any atom is -0.355 e. The molecule has 7 heteroatoms. The highest BCUT2D eigenvalue weighted by atomic mass is 32.1. The Morgan fingerprint density at radius 1 is 1.25 bits per heavy atom. The molecular weight excluding hydrogens is 324 g/mol. The van der Waals surface area contributed by atoms with E-state index in [0.29, 0.717) is 12.6 Å². The molecule has 3 rings (SSSR count). The van der Waals surface area contributed by atoms with Gasteiger partial charge in [0.05, 0.1) is 28.3 Å². The number of rotatable bonds is 8. The first-order valence-corrected chi connectivity index (χ1v) is 9.01. The summed E-state index contributed by atoms with van der Waals surface area (Å²) in [6.45, 7) is 1.03. The summed E-state index contributed by atoms with van der Waals surface area (Å²) in [5.41, 5.74) is 1.00. The molecule has 0 aliphatic heterocycles. The Balaban J connectivity index is 1.36. The first kappa shape index (κ1) is 16.9. The number of aromatic nitrogens is 1. The van der Waals surface area contributed by atoms with E-state index in [1.54, 1.807) is 23.3 Å². The summed E-state index contributed by atoms with van der Waals surface area (Å²) in [7, 11) is 1.78. The van der Waals surface area contributed by atoms with Crippen molar-refractivity contribution in [3.8, 4) is 0 Å². The van der Waals surface area contributed by atoms with Gasteiger partial charge in [-0.25, -0.2) is 4.98 Å². The number of thiazole rings is 1. The van der Waals surface area contributed by atoms with Gasteiger partial charge in [0.15, 0.2) is 0 Å². The van der Waals surface area contributed by atoms with Crippen LogP contribution in [-0.4, -0.2) is 54.4 Å². The van der Waals surface area contributed by atoms with Gasteiger partial charge < -0.3 is 10.6 Å². The van der Waals surface area contributed by atoms with Crippen LogP contribution in [0.2, 0.25) is 0 Å². The van der Waals surface area contributed by atoms with E-state index in [4.69, 9.17) is 0 Å². The second-order valence-corrected chi connectivity index (χ2v) is 7.30. The number of amides is 2. The number of carbonyl (C=O) groups is 2. The van der Waals surface area contributed by atoms with Gasteiger partial charge in [0.25, 0.3) is 0 Å². The monoisotopic (exact) mass is 346 g/mol. The normalized spacial score (nSPS) is 14.1. The molecule has 1 fully saturated rings. The molecule has 0 saturated heterocycles. The van der Waals surface area contributed by atoms with Crippen molar-refractivity contribution >= 4 is 33.4 Å². The molecule has 0 bridgehead atoms. The fourth-order valence-electron chi connectivity index (χ4n) is 2.44. The van der Waals surface area contributed by atoms with Gasteiger partial charge in [-0.1, -0.05) is 12.1 Å². The van der Waals surface area contributed by atoms with E-state index < -0.39 is 0 Å². The third kappa shape index (κ3) is 5.01. The number of hydrogen-bond acceptors (Lipinski definition) is 5. The minimum atomic E-state index is -0.0715. The summed E-state index contributed by atoms with van der Waals surface area (Å²) in [6, 6.07) is 8.38. The van der Waals surface area contributed by atoms with Crippen LogP contribution in [0, 0.1) is 0 Å². The smallest absolute Gasteiger partial charge is 0.234 e. The third-order valence-electron chi connectivity index (χ3n) is 3.77. The van der Waals surface area contributed by atoms with Crippen molar-refractivity contribution < 1.29 is 9.59 Å². The van der Waals surface area contributed by atoms with Gasteiger partial charge in [0, 0.05) is 19.0 Å². The molecule has 128 valence electrons. The second kappa shape index (κ2) is 7.72. The van der Waals surface area contributed by atoms with Gasteiger partial charge in [-0.2, -0.15) is 0 Å². The van der Waals surface area contributed by atoms with Crippen molar-refractivity contribution in [3.63, 3.8) is 0 Å². The lowest BCUT2D eigenvalue weighted by molar-refractivity contribution is -0.124. The number of benzene rings is 1. The molecule has 1 aromatic carbocycles. The predicted molar refractivity (Wildman–Crippen MR) is 95.0 cm³/mol. The van der Waals surface area contributed by atoms with E-state index >= 15 is 0 Å². The molecule has 0 spiro atoms. The molecule has 2 aromatic rings. The summed E-state index contributed by atoms with van der Waals surface area (Å²) in [4.78, 5) is 29.9. The minimum absolute atomic E-state index is 0.0118. The van der Waals surface area contributed by atoms with Gasteiger partial charge in [0.1, 0.15) is 0 Å². The van der Waals surface area contributed by atoms with E-state index in [2.05, 4.69) is 21.7 Å². The molecule has 1 aliphatic rings. The van der Waals surface area contributed by atoms with Crippen LogP contribution in [-0.2, 0) is 16.0 Å². The van der Waals surface area contributed by atoms with Crippen molar-refractivity contribution in [1.29, 1.82) is 0 Å². The highest BCUT2D eigenvalue weighted by molar-refractivity contribution is 7.18. The molecule has 1 aromatic heterocycles. The number of likely N-dealkylation sites (N-methyl/N-ethyl adjacent to an activating group) is 1. The van der Waals surface area contributed by atoms with Crippen LogP contribution in [0.25, 0.3) is 10.2 Å². The van der Waals surface area contributed by atoms with E-state index in [9.17, 15) is 9.59 Å².